The minimum atomic E-state index is -3.95. The quantitative estimate of drug-likeness (QED) is 0.804. The summed E-state index contributed by atoms with van der Waals surface area (Å²) in [5.74, 6) is -5.51. The molecule has 1 aliphatic rings. The first-order valence-corrected chi connectivity index (χ1v) is 6.57. The molecule has 0 saturated carbocycles. The Hall–Kier alpha value is -1.50. The Morgan fingerprint density at radius 3 is 2.65 bits per heavy atom. The van der Waals surface area contributed by atoms with E-state index in [2.05, 4.69) is 0 Å². The van der Waals surface area contributed by atoms with Crippen molar-refractivity contribution < 1.29 is 28.2 Å². The minimum Gasteiger partial charge on any atom is -0.438 e. The number of hydrogen-bond donors (Lipinski definition) is 1. The fourth-order valence-electron chi connectivity index (χ4n) is 1.88. The first kappa shape index (κ1) is 16.6. The van der Waals surface area contributed by atoms with Crippen molar-refractivity contribution in [1.29, 1.82) is 0 Å². The topological polar surface area (TPSA) is 66.8 Å². The van der Waals surface area contributed by atoms with E-state index in [1.165, 1.54) is 11.0 Å². The molecule has 0 heterocycles. The molecular formula is C13H19F2NO4. The monoisotopic (exact) mass is 291 g/mol. The van der Waals surface area contributed by atoms with Crippen LogP contribution in [-0.4, -0.2) is 53.1 Å². The van der Waals surface area contributed by atoms with E-state index < -0.39 is 30.0 Å². The summed E-state index contributed by atoms with van der Waals surface area (Å²) in [5.41, 5.74) is 0. The predicted molar refractivity (Wildman–Crippen MR) is 67.5 cm³/mol. The molecule has 0 aromatic rings. The third-order valence-electron chi connectivity index (χ3n) is 3.17. The number of aliphatic hydroxyl groups excluding tert-OH is 1. The van der Waals surface area contributed by atoms with E-state index in [-0.39, 0.29) is 12.8 Å². The second-order valence-corrected chi connectivity index (χ2v) is 4.48. The van der Waals surface area contributed by atoms with Crippen LogP contribution in [0.15, 0.2) is 12.2 Å². The summed E-state index contributed by atoms with van der Waals surface area (Å²) in [6.07, 6.45) is -2.05. The molecule has 0 aliphatic heterocycles. The first-order chi connectivity index (χ1) is 9.34. The zero-order valence-electron chi connectivity index (χ0n) is 11.5. The van der Waals surface area contributed by atoms with Crippen molar-refractivity contribution in [3.63, 3.8) is 0 Å². The molecule has 0 bridgehead atoms. The van der Waals surface area contributed by atoms with Gasteiger partial charge < -0.3 is 14.7 Å². The van der Waals surface area contributed by atoms with Crippen molar-refractivity contribution in [1.82, 2.24) is 4.90 Å². The van der Waals surface area contributed by atoms with Gasteiger partial charge in [0.05, 0.1) is 0 Å². The summed E-state index contributed by atoms with van der Waals surface area (Å²) in [6.45, 7) is 4.14. The molecule has 0 spiro atoms. The highest BCUT2D eigenvalue weighted by Crippen LogP contribution is 2.27. The van der Waals surface area contributed by atoms with E-state index in [4.69, 9.17) is 4.74 Å². The van der Waals surface area contributed by atoms with E-state index in [0.29, 0.717) is 13.1 Å². The number of amides is 1. The van der Waals surface area contributed by atoms with Crippen LogP contribution in [-0.2, 0) is 9.53 Å². The lowest BCUT2D eigenvalue weighted by molar-refractivity contribution is -0.165. The number of Topliss-reactive ketones (excluding diaryl/α,β-unsaturated/α-hetero) is 1. The largest absolute Gasteiger partial charge is 0.438 e. The number of aliphatic hydroxyl groups is 1. The van der Waals surface area contributed by atoms with Gasteiger partial charge >= 0.3 is 12.0 Å². The lowest BCUT2D eigenvalue weighted by Gasteiger charge is -2.27. The smallest absolute Gasteiger partial charge is 0.410 e. The van der Waals surface area contributed by atoms with Gasteiger partial charge in [-0.25, -0.2) is 4.79 Å². The molecule has 1 rings (SSSR count). The van der Waals surface area contributed by atoms with Gasteiger partial charge in [-0.1, -0.05) is 12.2 Å². The second kappa shape index (κ2) is 6.78. The third-order valence-corrected chi connectivity index (χ3v) is 3.17. The number of rotatable bonds is 3. The molecule has 20 heavy (non-hydrogen) atoms. The summed E-state index contributed by atoms with van der Waals surface area (Å²) < 4.78 is 32.2. The van der Waals surface area contributed by atoms with Crippen LogP contribution in [0.25, 0.3) is 0 Å². The van der Waals surface area contributed by atoms with E-state index >= 15 is 0 Å². The minimum absolute atomic E-state index is 0.0232. The summed E-state index contributed by atoms with van der Waals surface area (Å²) in [4.78, 5) is 24.7. The zero-order chi connectivity index (χ0) is 15.3. The highest BCUT2D eigenvalue weighted by atomic mass is 19.3. The van der Waals surface area contributed by atoms with Gasteiger partial charge in [0.15, 0.2) is 6.10 Å². The van der Waals surface area contributed by atoms with Crippen LogP contribution in [0.5, 0.6) is 0 Å². The van der Waals surface area contributed by atoms with Crippen LogP contribution in [0.2, 0.25) is 0 Å². The number of carbonyl (C=O) groups excluding carboxylic acids is 2. The van der Waals surface area contributed by atoms with Crippen LogP contribution in [0.3, 0.4) is 0 Å². The van der Waals surface area contributed by atoms with Crippen LogP contribution in [0.1, 0.15) is 26.7 Å². The third kappa shape index (κ3) is 3.53. The lowest BCUT2D eigenvalue weighted by atomic mass is 9.96. The van der Waals surface area contributed by atoms with E-state index in [0.717, 1.165) is 6.08 Å². The average Bonchev–Trinajstić information content (AvgIpc) is 2.41. The summed E-state index contributed by atoms with van der Waals surface area (Å²) in [7, 11) is 0. The van der Waals surface area contributed by atoms with Gasteiger partial charge in [-0.05, 0) is 26.7 Å². The molecule has 1 amide bonds. The average molecular weight is 291 g/mol. The van der Waals surface area contributed by atoms with Crippen LogP contribution >= 0.6 is 0 Å². The van der Waals surface area contributed by atoms with Crippen molar-refractivity contribution in [2.24, 2.45) is 0 Å². The number of nitrogens with zero attached hydrogens (tertiary/aromatic N) is 1. The molecule has 2 atom stereocenters. The van der Waals surface area contributed by atoms with Crippen molar-refractivity contribution >= 4 is 11.9 Å². The van der Waals surface area contributed by atoms with Crippen molar-refractivity contribution in [2.75, 3.05) is 13.1 Å². The van der Waals surface area contributed by atoms with Gasteiger partial charge in [-0.15, -0.1) is 0 Å². The summed E-state index contributed by atoms with van der Waals surface area (Å²) in [5, 5.41) is 9.26. The Labute approximate surface area is 116 Å². The standard InChI is InChI=1S/C13H19F2NO4/c1-3-16(4-2)12(19)20-9-7-5-6-8-10(17)13(14,15)11(9)18/h6,8-10,17H,3-5,7H2,1-2H3/b8-6-/t9-,10?/m1/s1. The number of ketones is 1. The van der Waals surface area contributed by atoms with Crippen molar-refractivity contribution in [3.8, 4) is 0 Å². The Morgan fingerprint density at radius 1 is 1.50 bits per heavy atom. The number of halogens is 2. The Morgan fingerprint density at radius 2 is 2.10 bits per heavy atom. The van der Waals surface area contributed by atoms with Crippen molar-refractivity contribution in [2.45, 2.75) is 44.8 Å². The molecule has 1 unspecified atom stereocenters. The highest BCUT2D eigenvalue weighted by Gasteiger charge is 2.50. The molecule has 0 aromatic carbocycles. The molecule has 114 valence electrons. The van der Waals surface area contributed by atoms with Crippen LogP contribution in [0, 0.1) is 0 Å². The van der Waals surface area contributed by atoms with E-state index in [9.17, 15) is 23.5 Å². The lowest BCUT2D eigenvalue weighted by Crippen LogP contribution is -2.49. The number of allylic oxidation sites excluding steroid dienone is 1. The molecule has 1 N–H and O–H groups in total. The van der Waals surface area contributed by atoms with Gasteiger partial charge in [-0.3, -0.25) is 4.79 Å². The first-order valence-electron chi connectivity index (χ1n) is 6.57. The molecule has 0 fully saturated rings. The normalized spacial score (nSPS) is 27.4. The maximum atomic E-state index is 13.6. The Kier molecular flexibility index (Phi) is 5.62. The van der Waals surface area contributed by atoms with E-state index in [1.807, 2.05) is 0 Å². The van der Waals surface area contributed by atoms with Gasteiger partial charge in [0.2, 0.25) is 5.78 Å². The number of ether oxygens (including phenoxy) is 1. The summed E-state index contributed by atoms with van der Waals surface area (Å²) in [6, 6.07) is 0. The summed E-state index contributed by atoms with van der Waals surface area (Å²) >= 11 is 0. The molecule has 1 aliphatic carbocycles. The van der Waals surface area contributed by atoms with Gasteiger partial charge in [0, 0.05) is 13.1 Å². The molecule has 5 nitrogen and oxygen atoms in total. The molecule has 0 radical (unpaired) electrons. The van der Waals surface area contributed by atoms with Crippen LogP contribution in [0.4, 0.5) is 13.6 Å². The Balaban J connectivity index is 2.86. The SMILES string of the molecule is CCN(CC)C(=O)O[C@@H]1CC/C=C\C(O)C(F)(F)C1=O. The van der Waals surface area contributed by atoms with Crippen molar-refractivity contribution in [3.05, 3.63) is 12.2 Å². The maximum absolute atomic E-state index is 13.6. The fraction of sp³-hybridized carbons (Fsp3) is 0.692. The zero-order valence-corrected chi connectivity index (χ0v) is 11.5. The molecule has 0 saturated heterocycles. The molecule has 7 heteroatoms. The number of alkyl halides is 2. The number of hydrogen-bond acceptors (Lipinski definition) is 4. The van der Waals surface area contributed by atoms with Gasteiger partial charge in [0.1, 0.15) is 6.10 Å². The number of carbonyl (C=O) groups is 2. The predicted octanol–water partition coefficient (Wildman–Crippen LogP) is 1.75. The fourth-order valence-corrected chi connectivity index (χ4v) is 1.88. The molecular weight excluding hydrogens is 272 g/mol. The molecule has 0 aromatic heterocycles. The van der Waals surface area contributed by atoms with Gasteiger partial charge in [0.25, 0.3) is 0 Å². The van der Waals surface area contributed by atoms with E-state index in [1.54, 1.807) is 13.8 Å². The Bertz CT molecular complexity index is 394. The maximum Gasteiger partial charge on any atom is 0.410 e. The van der Waals surface area contributed by atoms with Gasteiger partial charge in [-0.2, -0.15) is 8.78 Å². The second-order valence-electron chi connectivity index (χ2n) is 4.48. The highest BCUT2D eigenvalue weighted by molar-refractivity contribution is 5.92. The van der Waals surface area contributed by atoms with Crippen LogP contribution < -0.4 is 0 Å².